The number of carbonyl (C=O) groups excluding carboxylic acids is 2. The highest BCUT2D eigenvalue weighted by Crippen LogP contribution is 2.29. The lowest BCUT2D eigenvalue weighted by atomic mass is 9.90. The van der Waals surface area contributed by atoms with Crippen LogP contribution >= 0.6 is 0 Å². The van der Waals surface area contributed by atoms with Gasteiger partial charge in [-0.05, 0) is 43.7 Å². The molecule has 2 aliphatic heterocycles. The Morgan fingerprint density at radius 1 is 1.21 bits per heavy atom. The number of amides is 1. The van der Waals surface area contributed by atoms with Gasteiger partial charge in [0.1, 0.15) is 0 Å². The second-order valence-corrected chi connectivity index (χ2v) is 8.23. The molecule has 1 fully saturated rings. The van der Waals surface area contributed by atoms with E-state index >= 15 is 0 Å². The average Bonchev–Trinajstić information content (AvgIpc) is 3.36. The number of hydrogen-bond acceptors (Lipinski definition) is 3. The largest absolute Gasteiger partial charge is 0.373 e. The van der Waals surface area contributed by atoms with Crippen LogP contribution in [0.5, 0.6) is 0 Å². The van der Waals surface area contributed by atoms with Crippen molar-refractivity contribution < 1.29 is 14.3 Å². The Balaban J connectivity index is 1.62. The summed E-state index contributed by atoms with van der Waals surface area (Å²) in [6.45, 7) is 6.61. The molecular weight excluding hydrogens is 364 g/mol. The molecule has 29 heavy (non-hydrogen) atoms. The molecule has 1 saturated heterocycles. The molecule has 154 valence electrons. The number of ether oxygens (including phenoxy) is 1. The number of rotatable bonds is 6. The van der Waals surface area contributed by atoms with E-state index in [0.29, 0.717) is 37.4 Å². The van der Waals surface area contributed by atoms with Gasteiger partial charge in [-0.3, -0.25) is 9.59 Å². The molecule has 5 heteroatoms. The summed E-state index contributed by atoms with van der Waals surface area (Å²) in [7, 11) is 0. The molecule has 3 heterocycles. The average molecular weight is 395 g/mol. The molecule has 5 nitrogen and oxygen atoms in total. The Labute approximate surface area is 172 Å². The number of hydrogen-bond donors (Lipinski definition) is 0. The normalized spacial score (nSPS) is 19.8. The molecule has 1 aromatic carbocycles. The Kier molecular flexibility index (Phi) is 5.86. The number of benzene rings is 1. The summed E-state index contributed by atoms with van der Waals surface area (Å²) in [5, 5.41) is 0. The monoisotopic (exact) mass is 394 g/mol. The zero-order valence-electron chi connectivity index (χ0n) is 17.4. The van der Waals surface area contributed by atoms with Gasteiger partial charge in [-0.1, -0.05) is 37.3 Å². The summed E-state index contributed by atoms with van der Waals surface area (Å²) in [5.74, 6) is 0.336. The summed E-state index contributed by atoms with van der Waals surface area (Å²) >= 11 is 0. The molecule has 0 saturated carbocycles. The van der Waals surface area contributed by atoms with Gasteiger partial charge in [-0.15, -0.1) is 0 Å². The van der Waals surface area contributed by atoms with Crippen LogP contribution in [0.3, 0.4) is 0 Å². The molecule has 0 N–H and O–H groups in total. The van der Waals surface area contributed by atoms with Crippen molar-refractivity contribution in [1.82, 2.24) is 9.47 Å². The van der Waals surface area contributed by atoms with Crippen LogP contribution in [0.15, 0.2) is 36.4 Å². The van der Waals surface area contributed by atoms with E-state index in [-0.39, 0.29) is 23.7 Å². The van der Waals surface area contributed by atoms with Crippen molar-refractivity contribution in [2.75, 3.05) is 13.2 Å². The van der Waals surface area contributed by atoms with E-state index in [0.717, 1.165) is 31.5 Å². The molecule has 2 aromatic rings. The quantitative estimate of drug-likeness (QED) is 0.682. The van der Waals surface area contributed by atoms with Gasteiger partial charge in [0.05, 0.1) is 30.2 Å². The third kappa shape index (κ3) is 3.88. The molecule has 2 atom stereocenters. The van der Waals surface area contributed by atoms with Crippen LogP contribution in [0.25, 0.3) is 0 Å². The van der Waals surface area contributed by atoms with Gasteiger partial charge >= 0.3 is 0 Å². The Morgan fingerprint density at radius 3 is 2.69 bits per heavy atom. The number of nitrogens with zero attached hydrogens (tertiary/aromatic N) is 2. The van der Waals surface area contributed by atoms with E-state index in [1.807, 2.05) is 33.7 Å². The number of aromatic nitrogens is 1. The zero-order chi connectivity index (χ0) is 20.4. The van der Waals surface area contributed by atoms with Crippen molar-refractivity contribution in [2.45, 2.75) is 64.6 Å². The SMILES string of the molecule is CC[C@@H](CC(=O)c1cc(C(=O)N2CCC[C@@H]2C)c2n1CCOC2)c1ccccc1. The number of carbonyl (C=O) groups is 2. The lowest BCUT2D eigenvalue weighted by Crippen LogP contribution is -2.34. The van der Waals surface area contributed by atoms with E-state index in [1.165, 1.54) is 5.56 Å². The third-order valence-corrected chi connectivity index (χ3v) is 6.43. The molecule has 2 aliphatic rings. The first-order valence-electron chi connectivity index (χ1n) is 10.8. The minimum atomic E-state index is 0.0402. The highest BCUT2D eigenvalue weighted by atomic mass is 16.5. The van der Waals surface area contributed by atoms with E-state index < -0.39 is 0 Å². The van der Waals surface area contributed by atoms with E-state index in [4.69, 9.17) is 4.74 Å². The van der Waals surface area contributed by atoms with E-state index in [1.54, 1.807) is 0 Å². The van der Waals surface area contributed by atoms with Crippen molar-refractivity contribution in [3.8, 4) is 0 Å². The summed E-state index contributed by atoms with van der Waals surface area (Å²) in [6, 6.07) is 12.3. The fourth-order valence-electron chi connectivity index (χ4n) is 4.68. The van der Waals surface area contributed by atoms with Crippen molar-refractivity contribution >= 4 is 11.7 Å². The predicted molar refractivity (Wildman–Crippen MR) is 112 cm³/mol. The first-order chi connectivity index (χ1) is 14.1. The van der Waals surface area contributed by atoms with Crippen molar-refractivity contribution in [3.05, 3.63) is 58.9 Å². The Morgan fingerprint density at radius 2 is 2.00 bits per heavy atom. The Hall–Kier alpha value is -2.40. The van der Waals surface area contributed by atoms with Crippen molar-refractivity contribution in [3.63, 3.8) is 0 Å². The molecule has 0 spiro atoms. The first-order valence-corrected chi connectivity index (χ1v) is 10.8. The summed E-state index contributed by atoms with van der Waals surface area (Å²) in [5.41, 5.74) is 3.36. The Bertz CT molecular complexity index is 887. The van der Waals surface area contributed by atoms with Crippen LogP contribution in [0, 0.1) is 0 Å². The predicted octanol–water partition coefficient (Wildman–Crippen LogP) is 4.41. The van der Waals surface area contributed by atoms with Crippen LogP contribution < -0.4 is 0 Å². The smallest absolute Gasteiger partial charge is 0.256 e. The van der Waals surface area contributed by atoms with Crippen LogP contribution in [0.2, 0.25) is 0 Å². The standard InChI is InChI=1S/C24H30N2O3/c1-3-18(19-9-5-4-6-10-19)14-23(27)21-15-20(22-16-29-13-12-26(21)22)24(28)25-11-7-8-17(25)2/h4-6,9-10,15,17-18H,3,7-8,11-14,16H2,1-2H3/t17-,18-/m0/s1. The van der Waals surface area contributed by atoms with Gasteiger partial charge in [0.2, 0.25) is 0 Å². The maximum Gasteiger partial charge on any atom is 0.256 e. The van der Waals surface area contributed by atoms with Gasteiger partial charge < -0.3 is 14.2 Å². The first kappa shape index (κ1) is 19.9. The van der Waals surface area contributed by atoms with Crippen LogP contribution in [-0.2, 0) is 17.9 Å². The number of ketones is 1. The molecule has 0 aliphatic carbocycles. The van der Waals surface area contributed by atoms with Crippen LogP contribution in [0.4, 0.5) is 0 Å². The summed E-state index contributed by atoms with van der Waals surface area (Å²) in [6.07, 6.45) is 3.45. The molecule has 1 aromatic heterocycles. The summed E-state index contributed by atoms with van der Waals surface area (Å²) < 4.78 is 7.66. The zero-order valence-corrected chi connectivity index (χ0v) is 17.4. The topological polar surface area (TPSA) is 51.5 Å². The van der Waals surface area contributed by atoms with Crippen molar-refractivity contribution in [1.29, 1.82) is 0 Å². The molecule has 1 amide bonds. The summed E-state index contributed by atoms with van der Waals surface area (Å²) in [4.78, 5) is 28.4. The lowest BCUT2D eigenvalue weighted by molar-refractivity contribution is 0.0698. The molecule has 0 radical (unpaired) electrons. The maximum atomic E-state index is 13.3. The maximum absolute atomic E-state index is 13.3. The second kappa shape index (κ2) is 8.54. The lowest BCUT2D eigenvalue weighted by Gasteiger charge is -2.23. The molecular formula is C24H30N2O3. The van der Waals surface area contributed by atoms with Gasteiger partial charge in [-0.25, -0.2) is 0 Å². The van der Waals surface area contributed by atoms with Gasteiger partial charge in [0.15, 0.2) is 5.78 Å². The molecule has 0 bridgehead atoms. The van der Waals surface area contributed by atoms with E-state index in [9.17, 15) is 9.59 Å². The highest BCUT2D eigenvalue weighted by molar-refractivity contribution is 6.01. The fourth-order valence-corrected chi connectivity index (χ4v) is 4.68. The molecule has 4 rings (SSSR count). The minimum absolute atomic E-state index is 0.0402. The van der Waals surface area contributed by atoms with Gasteiger partial charge in [0, 0.05) is 25.6 Å². The van der Waals surface area contributed by atoms with Crippen LogP contribution in [-0.4, -0.2) is 40.4 Å². The number of fused-ring (bicyclic) bond motifs is 1. The van der Waals surface area contributed by atoms with Gasteiger partial charge in [0.25, 0.3) is 5.91 Å². The van der Waals surface area contributed by atoms with Crippen molar-refractivity contribution in [2.24, 2.45) is 0 Å². The molecule has 0 unspecified atom stereocenters. The van der Waals surface area contributed by atoms with Gasteiger partial charge in [-0.2, -0.15) is 0 Å². The number of Topliss-reactive ketones (excluding diaryl/α,β-unsaturated/α-hetero) is 1. The highest BCUT2D eigenvalue weighted by Gasteiger charge is 2.32. The fraction of sp³-hybridized carbons (Fsp3) is 0.500. The third-order valence-electron chi connectivity index (χ3n) is 6.43. The number of likely N-dealkylation sites (tertiary alicyclic amines) is 1. The van der Waals surface area contributed by atoms with E-state index in [2.05, 4.69) is 26.0 Å². The second-order valence-electron chi connectivity index (χ2n) is 8.23. The van der Waals surface area contributed by atoms with Crippen LogP contribution in [0.1, 0.15) is 77.6 Å². The minimum Gasteiger partial charge on any atom is -0.373 e.